The summed E-state index contributed by atoms with van der Waals surface area (Å²) >= 11 is 0. The Morgan fingerprint density at radius 1 is 1.45 bits per heavy atom. The lowest BCUT2D eigenvalue weighted by Crippen LogP contribution is -2.35. The molecular formula is C15H22N2O3. The van der Waals surface area contributed by atoms with Crippen molar-refractivity contribution in [1.29, 1.82) is 0 Å². The summed E-state index contributed by atoms with van der Waals surface area (Å²) in [6, 6.07) is 5.67. The van der Waals surface area contributed by atoms with Gasteiger partial charge in [-0.25, -0.2) is 0 Å². The average molecular weight is 278 g/mol. The van der Waals surface area contributed by atoms with E-state index >= 15 is 0 Å². The van der Waals surface area contributed by atoms with Gasteiger partial charge in [-0.15, -0.1) is 0 Å². The van der Waals surface area contributed by atoms with Crippen molar-refractivity contribution >= 4 is 11.6 Å². The Bertz CT molecular complexity index is 456. The summed E-state index contributed by atoms with van der Waals surface area (Å²) in [5.41, 5.74) is 1.81. The molecule has 2 rings (SSSR count). The van der Waals surface area contributed by atoms with Crippen molar-refractivity contribution in [3.63, 3.8) is 0 Å². The molecule has 5 nitrogen and oxygen atoms in total. The fourth-order valence-electron chi connectivity index (χ4n) is 2.22. The van der Waals surface area contributed by atoms with Crippen LogP contribution in [0.5, 0.6) is 5.75 Å². The molecule has 1 fully saturated rings. The number of aryl methyl sites for hydroxylation is 1. The van der Waals surface area contributed by atoms with Crippen LogP contribution in [0.25, 0.3) is 0 Å². The number of hydrogen-bond donors (Lipinski definition) is 2. The third kappa shape index (κ3) is 3.95. The molecule has 1 heterocycles. The van der Waals surface area contributed by atoms with Crippen molar-refractivity contribution in [1.82, 2.24) is 5.32 Å². The smallest absolute Gasteiger partial charge is 0.241 e. The van der Waals surface area contributed by atoms with Gasteiger partial charge in [0.25, 0.3) is 0 Å². The molecule has 0 bridgehead atoms. The first-order valence-corrected chi connectivity index (χ1v) is 6.97. The molecule has 110 valence electrons. The first-order valence-electron chi connectivity index (χ1n) is 6.97. The number of nitrogens with one attached hydrogen (secondary N) is 2. The zero-order valence-electron chi connectivity index (χ0n) is 12.1. The summed E-state index contributed by atoms with van der Waals surface area (Å²) in [6.45, 7) is 3.88. The van der Waals surface area contributed by atoms with Crippen LogP contribution >= 0.6 is 0 Å². The van der Waals surface area contributed by atoms with Gasteiger partial charge in [0.15, 0.2) is 0 Å². The van der Waals surface area contributed by atoms with Crippen molar-refractivity contribution in [2.24, 2.45) is 0 Å². The van der Waals surface area contributed by atoms with Gasteiger partial charge in [-0.1, -0.05) is 6.07 Å². The van der Waals surface area contributed by atoms with E-state index in [1.165, 1.54) is 0 Å². The number of rotatable bonds is 6. The summed E-state index contributed by atoms with van der Waals surface area (Å²) in [5, 5.41) is 6.13. The number of ether oxygens (including phenoxy) is 2. The summed E-state index contributed by atoms with van der Waals surface area (Å²) in [7, 11) is 1.63. The lowest BCUT2D eigenvalue weighted by molar-refractivity contribution is -0.117. The van der Waals surface area contributed by atoms with Crippen LogP contribution in [0.4, 0.5) is 5.69 Å². The van der Waals surface area contributed by atoms with Gasteiger partial charge >= 0.3 is 0 Å². The van der Waals surface area contributed by atoms with E-state index in [2.05, 4.69) is 10.6 Å². The van der Waals surface area contributed by atoms with E-state index in [1.807, 2.05) is 25.1 Å². The van der Waals surface area contributed by atoms with Crippen LogP contribution in [0, 0.1) is 6.92 Å². The number of carbonyl (C=O) groups is 1. The number of benzene rings is 1. The second-order valence-corrected chi connectivity index (χ2v) is 4.98. The lowest BCUT2D eigenvalue weighted by Gasteiger charge is -2.15. The summed E-state index contributed by atoms with van der Waals surface area (Å²) < 4.78 is 10.6. The number of anilines is 1. The van der Waals surface area contributed by atoms with E-state index in [0.29, 0.717) is 24.7 Å². The molecule has 0 unspecified atom stereocenters. The minimum Gasteiger partial charge on any atom is -0.489 e. The molecule has 0 aromatic heterocycles. The van der Waals surface area contributed by atoms with Crippen LogP contribution in [0.2, 0.25) is 0 Å². The Labute approximate surface area is 119 Å². The normalized spacial score (nSPS) is 18.0. The third-order valence-electron chi connectivity index (χ3n) is 3.32. The van der Waals surface area contributed by atoms with Gasteiger partial charge < -0.3 is 20.1 Å². The molecule has 1 aliphatic rings. The molecule has 1 aromatic carbocycles. The number of amides is 1. The molecule has 0 aliphatic carbocycles. The average Bonchev–Trinajstić information content (AvgIpc) is 2.96. The Kier molecular flexibility index (Phi) is 5.38. The van der Waals surface area contributed by atoms with E-state index in [9.17, 15) is 4.79 Å². The fraction of sp³-hybridized carbons (Fsp3) is 0.533. The molecule has 1 aromatic rings. The summed E-state index contributed by atoms with van der Waals surface area (Å²) in [4.78, 5) is 12.1. The van der Waals surface area contributed by atoms with Crippen molar-refractivity contribution < 1.29 is 14.3 Å². The van der Waals surface area contributed by atoms with Crippen molar-refractivity contribution in [2.75, 3.05) is 32.2 Å². The van der Waals surface area contributed by atoms with Crippen molar-refractivity contribution in [3.05, 3.63) is 23.8 Å². The lowest BCUT2D eigenvalue weighted by atomic mass is 10.2. The van der Waals surface area contributed by atoms with Crippen molar-refractivity contribution in [2.45, 2.75) is 25.8 Å². The molecule has 0 saturated carbocycles. The van der Waals surface area contributed by atoms with Crippen LogP contribution in [-0.2, 0) is 9.53 Å². The van der Waals surface area contributed by atoms with Gasteiger partial charge in [-0.05, 0) is 44.0 Å². The highest BCUT2D eigenvalue weighted by Gasteiger charge is 2.22. The highest BCUT2D eigenvalue weighted by atomic mass is 16.5. The number of hydrogen-bond acceptors (Lipinski definition) is 4. The Hall–Kier alpha value is -1.59. The van der Waals surface area contributed by atoms with Gasteiger partial charge in [-0.2, -0.15) is 0 Å². The third-order valence-corrected chi connectivity index (χ3v) is 3.32. The first-order chi connectivity index (χ1) is 9.70. The molecular weight excluding hydrogens is 256 g/mol. The van der Waals surface area contributed by atoms with E-state index in [1.54, 1.807) is 7.11 Å². The molecule has 2 N–H and O–H groups in total. The Morgan fingerprint density at radius 3 is 3.00 bits per heavy atom. The minimum absolute atomic E-state index is 0.00273. The molecule has 20 heavy (non-hydrogen) atoms. The maximum Gasteiger partial charge on any atom is 0.241 e. The zero-order chi connectivity index (χ0) is 14.4. The van der Waals surface area contributed by atoms with E-state index in [0.717, 1.165) is 24.9 Å². The topological polar surface area (TPSA) is 59.6 Å². The van der Waals surface area contributed by atoms with E-state index < -0.39 is 0 Å². The maximum absolute atomic E-state index is 12.1. The van der Waals surface area contributed by atoms with Crippen LogP contribution in [0.15, 0.2) is 18.2 Å². The van der Waals surface area contributed by atoms with E-state index in [-0.39, 0.29) is 11.9 Å². The molecule has 0 spiro atoms. The predicted molar refractivity (Wildman–Crippen MR) is 78.2 cm³/mol. The first kappa shape index (κ1) is 14.8. The second-order valence-electron chi connectivity index (χ2n) is 4.98. The molecule has 5 heteroatoms. The summed E-state index contributed by atoms with van der Waals surface area (Å²) in [5.74, 6) is 0.691. The van der Waals surface area contributed by atoms with Gasteiger partial charge in [0.1, 0.15) is 12.4 Å². The summed E-state index contributed by atoms with van der Waals surface area (Å²) in [6.07, 6.45) is 1.93. The molecule has 1 atom stereocenters. The highest BCUT2D eigenvalue weighted by Crippen LogP contribution is 2.26. The van der Waals surface area contributed by atoms with Crippen LogP contribution in [0.3, 0.4) is 0 Å². The molecule has 1 saturated heterocycles. The SMILES string of the molecule is COCCOc1cc(C)ccc1NC(=O)[C@H]1CCCN1. The van der Waals surface area contributed by atoms with Gasteiger partial charge in [0.2, 0.25) is 5.91 Å². The van der Waals surface area contributed by atoms with Gasteiger partial charge in [-0.3, -0.25) is 4.79 Å². The van der Waals surface area contributed by atoms with E-state index in [4.69, 9.17) is 9.47 Å². The number of methoxy groups -OCH3 is 1. The minimum atomic E-state index is -0.0943. The molecule has 1 aliphatic heterocycles. The largest absolute Gasteiger partial charge is 0.489 e. The quantitative estimate of drug-likeness (QED) is 0.778. The van der Waals surface area contributed by atoms with Gasteiger partial charge in [0.05, 0.1) is 18.3 Å². The van der Waals surface area contributed by atoms with Gasteiger partial charge in [0, 0.05) is 7.11 Å². The predicted octanol–water partition coefficient (Wildman–Crippen LogP) is 1.71. The fourth-order valence-corrected chi connectivity index (χ4v) is 2.22. The Balaban J connectivity index is 2.03. The Morgan fingerprint density at radius 2 is 2.30 bits per heavy atom. The van der Waals surface area contributed by atoms with Crippen LogP contribution in [-0.4, -0.2) is 38.8 Å². The molecule has 1 amide bonds. The zero-order valence-corrected chi connectivity index (χ0v) is 12.1. The van der Waals surface area contributed by atoms with Crippen LogP contribution in [0.1, 0.15) is 18.4 Å². The maximum atomic E-state index is 12.1. The standard InChI is InChI=1S/C15H22N2O3/c1-11-5-6-12(14(10-11)20-9-8-19-2)17-15(18)13-4-3-7-16-13/h5-6,10,13,16H,3-4,7-9H2,1-2H3,(H,17,18)/t13-/m1/s1. The van der Waals surface area contributed by atoms with Crippen LogP contribution < -0.4 is 15.4 Å². The molecule has 0 radical (unpaired) electrons. The second kappa shape index (κ2) is 7.26. The number of carbonyl (C=O) groups excluding carboxylic acids is 1. The van der Waals surface area contributed by atoms with Crippen molar-refractivity contribution in [3.8, 4) is 5.75 Å². The monoisotopic (exact) mass is 278 g/mol. The highest BCUT2D eigenvalue weighted by molar-refractivity contribution is 5.96.